The van der Waals surface area contributed by atoms with Gasteiger partial charge in [-0.3, -0.25) is 4.79 Å². The molecule has 0 radical (unpaired) electrons. The summed E-state index contributed by atoms with van der Waals surface area (Å²) in [6.45, 7) is 4.12. The summed E-state index contributed by atoms with van der Waals surface area (Å²) in [5.41, 5.74) is -0.0607. The molecule has 0 aromatic carbocycles. The van der Waals surface area contributed by atoms with Crippen molar-refractivity contribution in [3.8, 4) is 0 Å². The van der Waals surface area contributed by atoms with Crippen molar-refractivity contribution in [1.82, 2.24) is 5.32 Å². The molecular formula is C10H15NO. The first-order chi connectivity index (χ1) is 5.58. The number of carbonyl (C=O) groups excluding carboxylic acids is 1. The molecule has 1 aliphatic rings. The number of allylic oxidation sites excluding steroid dienone is 3. The molecule has 0 saturated heterocycles. The lowest BCUT2D eigenvalue weighted by Gasteiger charge is -2.29. The first-order valence-electron chi connectivity index (χ1n) is 4.15. The lowest BCUT2D eigenvalue weighted by Crippen LogP contribution is -2.36. The maximum Gasteiger partial charge on any atom is 0.227 e. The Morgan fingerprint density at radius 1 is 1.42 bits per heavy atom. The Bertz CT molecular complexity index is 238. The number of hydrogen-bond acceptors (Lipinski definition) is 1. The average Bonchev–Trinajstić information content (AvgIpc) is 2.02. The average molecular weight is 165 g/mol. The Morgan fingerprint density at radius 3 is 2.58 bits per heavy atom. The molecule has 2 heteroatoms. The molecule has 1 atom stereocenters. The van der Waals surface area contributed by atoms with E-state index in [1.807, 2.05) is 18.2 Å². The summed E-state index contributed by atoms with van der Waals surface area (Å²) < 4.78 is 0. The Labute approximate surface area is 73.4 Å². The number of hydrogen-bond donors (Lipinski definition) is 1. The molecule has 1 aliphatic carbocycles. The van der Waals surface area contributed by atoms with Crippen molar-refractivity contribution < 1.29 is 4.79 Å². The van der Waals surface area contributed by atoms with Crippen molar-refractivity contribution in [2.75, 3.05) is 7.05 Å². The van der Waals surface area contributed by atoms with Gasteiger partial charge in [-0.15, -0.1) is 0 Å². The molecule has 1 unspecified atom stereocenters. The highest BCUT2D eigenvalue weighted by Gasteiger charge is 2.31. The van der Waals surface area contributed by atoms with Crippen LogP contribution in [-0.4, -0.2) is 13.0 Å². The van der Waals surface area contributed by atoms with Gasteiger partial charge in [-0.2, -0.15) is 0 Å². The van der Waals surface area contributed by atoms with Gasteiger partial charge in [0.2, 0.25) is 5.91 Å². The molecule has 0 bridgehead atoms. The Balaban J connectivity index is 2.84. The van der Waals surface area contributed by atoms with Crippen LogP contribution in [0.25, 0.3) is 0 Å². The third-order valence-corrected chi connectivity index (χ3v) is 2.27. The topological polar surface area (TPSA) is 29.1 Å². The number of carbonyl (C=O) groups is 1. The fourth-order valence-corrected chi connectivity index (χ4v) is 1.41. The molecule has 0 spiro atoms. The van der Waals surface area contributed by atoms with Crippen LogP contribution in [0.4, 0.5) is 0 Å². The molecule has 66 valence electrons. The monoisotopic (exact) mass is 165 g/mol. The Morgan fingerprint density at radius 2 is 2.08 bits per heavy atom. The molecule has 0 aromatic heterocycles. The van der Waals surface area contributed by atoms with Crippen LogP contribution in [0.1, 0.15) is 13.8 Å². The maximum absolute atomic E-state index is 11.4. The van der Waals surface area contributed by atoms with Crippen LogP contribution in [-0.2, 0) is 4.79 Å². The number of nitrogens with one attached hydrogen (secondary N) is 1. The van der Waals surface area contributed by atoms with Gasteiger partial charge in [0.25, 0.3) is 0 Å². The van der Waals surface area contributed by atoms with E-state index in [1.54, 1.807) is 7.05 Å². The van der Waals surface area contributed by atoms with Gasteiger partial charge in [0.05, 0.1) is 5.92 Å². The van der Waals surface area contributed by atoms with Crippen molar-refractivity contribution in [3.63, 3.8) is 0 Å². The second kappa shape index (κ2) is 3.13. The van der Waals surface area contributed by atoms with Crippen molar-refractivity contribution in [1.29, 1.82) is 0 Å². The Kier molecular flexibility index (Phi) is 2.36. The quantitative estimate of drug-likeness (QED) is 0.626. The molecule has 1 rings (SSSR count). The number of rotatable bonds is 1. The summed E-state index contributed by atoms with van der Waals surface area (Å²) in [6, 6.07) is 0. The van der Waals surface area contributed by atoms with E-state index in [0.717, 1.165) is 0 Å². The van der Waals surface area contributed by atoms with Gasteiger partial charge in [-0.05, 0) is 5.41 Å². The van der Waals surface area contributed by atoms with Gasteiger partial charge >= 0.3 is 0 Å². The van der Waals surface area contributed by atoms with E-state index in [9.17, 15) is 4.79 Å². The maximum atomic E-state index is 11.4. The predicted octanol–water partition coefficient (Wildman–Crippen LogP) is 1.50. The van der Waals surface area contributed by atoms with E-state index >= 15 is 0 Å². The van der Waals surface area contributed by atoms with Crippen LogP contribution in [0.5, 0.6) is 0 Å². The van der Waals surface area contributed by atoms with Gasteiger partial charge in [0.1, 0.15) is 0 Å². The third-order valence-electron chi connectivity index (χ3n) is 2.27. The summed E-state index contributed by atoms with van der Waals surface area (Å²) >= 11 is 0. The molecule has 0 heterocycles. The van der Waals surface area contributed by atoms with E-state index in [0.29, 0.717) is 0 Å². The standard InChI is InChI=1S/C10H15NO/c1-10(2)7-5-4-6-8(10)9(12)11-3/h4-8H,1-3H3,(H,11,12). The van der Waals surface area contributed by atoms with Gasteiger partial charge in [-0.25, -0.2) is 0 Å². The van der Waals surface area contributed by atoms with Gasteiger partial charge in [-0.1, -0.05) is 38.2 Å². The second-order valence-corrected chi connectivity index (χ2v) is 3.66. The highest BCUT2D eigenvalue weighted by Crippen LogP contribution is 2.32. The lowest BCUT2D eigenvalue weighted by molar-refractivity contribution is -0.125. The summed E-state index contributed by atoms with van der Waals surface area (Å²) in [4.78, 5) is 11.4. The van der Waals surface area contributed by atoms with Crippen molar-refractivity contribution in [2.45, 2.75) is 13.8 Å². The van der Waals surface area contributed by atoms with E-state index < -0.39 is 0 Å². The molecule has 0 aromatic rings. The second-order valence-electron chi connectivity index (χ2n) is 3.66. The van der Waals surface area contributed by atoms with Crippen LogP contribution in [0.15, 0.2) is 24.3 Å². The fraction of sp³-hybridized carbons (Fsp3) is 0.500. The zero-order valence-electron chi connectivity index (χ0n) is 7.79. The fourth-order valence-electron chi connectivity index (χ4n) is 1.41. The van der Waals surface area contributed by atoms with Gasteiger partial charge in [0, 0.05) is 7.05 Å². The summed E-state index contributed by atoms with van der Waals surface area (Å²) in [7, 11) is 1.67. The molecule has 0 saturated carbocycles. The van der Waals surface area contributed by atoms with E-state index in [4.69, 9.17) is 0 Å². The highest BCUT2D eigenvalue weighted by atomic mass is 16.1. The zero-order valence-corrected chi connectivity index (χ0v) is 7.79. The van der Waals surface area contributed by atoms with Crippen LogP contribution in [0.3, 0.4) is 0 Å². The first kappa shape index (κ1) is 9.04. The minimum absolute atomic E-state index is 0.0347. The molecule has 1 N–H and O–H groups in total. The summed E-state index contributed by atoms with van der Waals surface area (Å²) in [5.74, 6) is 0.0492. The molecule has 0 aliphatic heterocycles. The summed E-state index contributed by atoms with van der Waals surface area (Å²) in [5, 5.41) is 2.67. The first-order valence-corrected chi connectivity index (χ1v) is 4.15. The number of amides is 1. The molecule has 0 fully saturated rings. The van der Waals surface area contributed by atoms with Crippen LogP contribution in [0.2, 0.25) is 0 Å². The molecule has 2 nitrogen and oxygen atoms in total. The normalized spacial score (nSPS) is 25.4. The van der Waals surface area contributed by atoms with Crippen LogP contribution >= 0.6 is 0 Å². The largest absolute Gasteiger partial charge is 0.359 e. The van der Waals surface area contributed by atoms with Crippen LogP contribution in [0, 0.1) is 11.3 Å². The van der Waals surface area contributed by atoms with Crippen molar-refractivity contribution >= 4 is 5.91 Å². The smallest absolute Gasteiger partial charge is 0.227 e. The highest BCUT2D eigenvalue weighted by molar-refractivity contribution is 5.81. The Hall–Kier alpha value is -1.05. The van der Waals surface area contributed by atoms with Gasteiger partial charge in [0.15, 0.2) is 0 Å². The molecule has 1 amide bonds. The SMILES string of the molecule is CNC(=O)C1C=CC=CC1(C)C. The minimum atomic E-state index is -0.0607. The van der Waals surface area contributed by atoms with Gasteiger partial charge < -0.3 is 5.32 Å². The van der Waals surface area contributed by atoms with Crippen LogP contribution < -0.4 is 5.32 Å². The third kappa shape index (κ3) is 1.58. The minimum Gasteiger partial charge on any atom is -0.359 e. The van der Waals surface area contributed by atoms with Crippen molar-refractivity contribution in [2.24, 2.45) is 11.3 Å². The van der Waals surface area contributed by atoms with E-state index in [2.05, 4.69) is 25.2 Å². The molecular weight excluding hydrogens is 150 g/mol. The molecule has 12 heavy (non-hydrogen) atoms. The van der Waals surface area contributed by atoms with E-state index in [-0.39, 0.29) is 17.2 Å². The van der Waals surface area contributed by atoms with E-state index in [1.165, 1.54) is 0 Å². The van der Waals surface area contributed by atoms with Crippen molar-refractivity contribution in [3.05, 3.63) is 24.3 Å². The predicted molar refractivity (Wildman–Crippen MR) is 49.6 cm³/mol. The summed E-state index contributed by atoms with van der Waals surface area (Å²) in [6.07, 6.45) is 7.91. The lowest BCUT2D eigenvalue weighted by atomic mass is 9.75. The zero-order chi connectivity index (χ0) is 9.19.